The van der Waals surface area contributed by atoms with Crippen molar-refractivity contribution in [2.24, 2.45) is 0 Å². The lowest BCUT2D eigenvalue weighted by Crippen LogP contribution is -1.49. The zero-order chi connectivity index (χ0) is 4.28. The number of hydrogen-bond acceptors (Lipinski definition) is 0. The van der Waals surface area contributed by atoms with Gasteiger partial charge in [0.05, 0.1) is 0 Å². The van der Waals surface area contributed by atoms with Gasteiger partial charge in [-0.2, -0.15) is 0 Å². The van der Waals surface area contributed by atoms with Crippen LogP contribution in [0.15, 0.2) is 0 Å². The Labute approximate surface area is 39.2 Å². The SMILES string of the molecule is CP(P)CP. The smallest absolute Gasteiger partial charge is 0.0144 e. The molecule has 0 bridgehead atoms. The Hall–Kier alpha value is 1.29. The van der Waals surface area contributed by atoms with Crippen LogP contribution in [0.4, 0.5) is 0 Å². The zero-order valence-corrected chi connectivity index (χ0v) is 6.51. The van der Waals surface area contributed by atoms with Crippen LogP contribution in [0.25, 0.3) is 0 Å². The van der Waals surface area contributed by atoms with E-state index in [1.54, 1.807) is 0 Å². The van der Waals surface area contributed by atoms with Gasteiger partial charge in [0.15, 0.2) is 0 Å². The van der Waals surface area contributed by atoms with Gasteiger partial charge >= 0.3 is 0 Å². The van der Waals surface area contributed by atoms with Gasteiger partial charge in [0.25, 0.3) is 0 Å². The first-order valence-electron chi connectivity index (χ1n) is 1.43. The van der Waals surface area contributed by atoms with Gasteiger partial charge in [-0.05, 0) is 12.6 Å². The van der Waals surface area contributed by atoms with Crippen LogP contribution in [0.2, 0.25) is 0 Å². The molecule has 3 heteroatoms. The predicted molar refractivity (Wildman–Crippen MR) is 37.1 cm³/mol. The highest BCUT2D eigenvalue weighted by Crippen LogP contribution is 2.41. The largest absolute Gasteiger partial charge is 0.133 e. The van der Waals surface area contributed by atoms with Crippen LogP contribution in [0.5, 0.6) is 0 Å². The number of hydrogen-bond donors (Lipinski definition) is 0. The first kappa shape index (κ1) is 6.29. The maximum absolute atomic E-state index is 2.78. The highest BCUT2D eigenvalue weighted by atomic mass is 32.0. The summed E-state index contributed by atoms with van der Waals surface area (Å²) in [6.45, 7) is 2.23. The molecule has 32 valence electrons. The van der Waals surface area contributed by atoms with Crippen molar-refractivity contribution < 1.29 is 0 Å². The second-order valence-corrected chi connectivity index (χ2v) is 6.56. The maximum atomic E-state index is 2.78. The molecule has 0 heterocycles. The van der Waals surface area contributed by atoms with Crippen LogP contribution >= 0.6 is 25.8 Å². The van der Waals surface area contributed by atoms with Crippen molar-refractivity contribution >= 4 is 25.8 Å². The molecule has 0 spiro atoms. The van der Waals surface area contributed by atoms with Crippen molar-refractivity contribution in [2.75, 3.05) is 12.6 Å². The van der Waals surface area contributed by atoms with E-state index in [9.17, 15) is 0 Å². The fraction of sp³-hybridized carbons (Fsp3) is 1.00. The number of rotatable bonds is 1. The summed E-state index contributed by atoms with van der Waals surface area (Å²) >= 11 is 0. The van der Waals surface area contributed by atoms with Crippen LogP contribution in [-0.4, -0.2) is 12.6 Å². The first-order valence-corrected chi connectivity index (χ1v) is 5.84. The zero-order valence-electron chi connectivity index (χ0n) is 3.31. The van der Waals surface area contributed by atoms with Crippen molar-refractivity contribution in [1.29, 1.82) is 0 Å². The summed E-state index contributed by atoms with van der Waals surface area (Å²) < 4.78 is 0. The van der Waals surface area contributed by atoms with Gasteiger partial charge in [-0.3, -0.25) is 0 Å². The Morgan fingerprint density at radius 1 is 1.80 bits per heavy atom. The molecular formula is C2H9P3. The third-order valence-corrected chi connectivity index (χ3v) is 4.49. The minimum atomic E-state index is 0.281. The monoisotopic (exact) mass is 126 g/mol. The summed E-state index contributed by atoms with van der Waals surface area (Å²) in [5.41, 5.74) is 0. The third kappa shape index (κ3) is 5.29. The van der Waals surface area contributed by atoms with Crippen molar-refractivity contribution in [3.8, 4) is 0 Å². The van der Waals surface area contributed by atoms with E-state index in [-0.39, 0.29) is 7.61 Å². The molecule has 0 aliphatic carbocycles. The normalized spacial score (nSPS) is 15.0. The molecular weight excluding hydrogens is 117 g/mol. The molecule has 0 N–H and O–H groups in total. The lowest BCUT2D eigenvalue weighted by Gasteiger charge is -1.92. The van der Waals surface area contributed by atoms with E-state index in [4.69, 9.17) is 0 Å². The van der Waals surface area contributed by atoms with Crippen molar-refractivity contribution in [1.82, 2.24) is 0 Å². The van der Waals surface area contributed by atoms with Gasteiger partial charge in [-0.1, -0.05) is 7.61 Å². The Bertz CT molecular complexity index is 18.9. The van der Waals surface area contributed by atoms with Gasteiger partial charge in [0.1, 0.15) is 0 Å². The minimum Gasteiger partial charge on any atom is -0.133 e. The fourth-order valence-electron chi connectivity index (χ4n) is 0. The van der Waals surface area contributed by atoms with Crippen LogP contribution in [-0.2, 0) is 0 Å². The molecule has 5 heavy (non-hydrogen) atoms. The Morgan fingerprint density at radius 3 is 2.00 bits per heavy atom. The summed E-state index contributed by atoms with van der Waals surface area (Å²) in [7, 11) is 5.76. The van der Waals surface area contributed by atoms with Crippen LogP contribution in [0.1, 0.15) is 0 Å². The molecule has 0 saturated carbocycles. The predicted octanol–water partition coefficient (Wildman–Crippen LogP) is 1.72. The van der Waals surface area contributed by atoms with E-state index in [1.165, 1.54) is 5.90 Å². The van der Waals surface area contributed by atoms with Crippen molar-refractivity contribution in [3.05, 3.63) is 0 Å². The van der Waals surface area contributed by atoms with Crippen LogP contribution in [0, 0.1) is 0 Å². The molecule has 0 aliphatic rings. The van der Waals surface area contributed by atoms with E-state index >= 15 is 0 Å². The Kier molecular flexibility index (Phi) is 4.38. The van der Waals surface area contributed by atoms with Crippen molar-refractivity contribution in [2.45, 2.75) is 0 Å². The molecule has 0 fully saturated rings. The van der Waals surface area contributed by atoms with E-state index in [0.29, 0.717) is 0 Å². The molecule has 3 atom stereocenters. The Morgan fingerprint density at radius 2 is 2.00 bits per heavy atom. The first-order chi connectivity index (χ1) is 2.27. The van der Waals surface area contributed by atoms with Gasteiger partial charge in [0.2, 0.25) is 0 Å². The molecule has 0 aromatic rings. The maximum Gasteiger partial charge on any atom is -0.0144 e. The van der Waals surface area contributed by atoms with E-state index < -0.39 is 0 Å². The lowest BCUT2D eigenvalue weighted by molar-refractivity contribution is 2.18. The standard InChI is InChI=1S/C2H9P3/c1-5(4)2-3/h2-4H2,1H3. The van der Waals surface area contributed by atoms with E-state index in [1.807, 2.05) is 0 Å². The van der Waals surface area contributed by atoms with Gasteiger partial charge < -0.3 is 0 Å². The van der Waals surface area contributed by atoms with Gasteiger partial charge in [-0.25, -0.2) is 0 Å². The third-order valence-electron chi connectivity index (χ3n) is 0.288. The lowest BCUT2D eigenvalue weighted by atomic mass is 11.9. The van der Waals surface area contributed by atoms with Gasteiger partial charge in [0, 0.05) is 0 Å². The molecule has 0 aliphatic heterocycles. The average Bonchev–Trinajstić information content (AvgIpc) is 1.38. The molecule has 0 amide bonds. The average molecular weight is 126 g/mol. The van der Waals surface area contributed by atoms with Gasteiger partial charge in [-0.15, -0.1) is 18.2 Å². The van der Waals surface area contributed by atoms with E-state index in [2.05, 4.69) is 24.8 Å². The molecule has 0 saturated heterocycles. The topological polar surface area (TPSA) is 0 Å². The minimum absolute atomic E-state index is 0.281. The summed E-state index contributed by atoms with van der Waals surface area (Å²) in [6.07, 6.45) is 0. The highest BCUT2D eigenvalue weighted by Gasteiger charge is 1.78. The fourth-order valence-corrected chi connectivity index (χ4v) is 0. The molecule has 0 nitrogen and oxygen atoms in total. The molecule has 0 rings (SSSR count). The molecule has 0 aromatic carbocycles. The summed E-state index contributed by atoms with van der Waals surface area (Å²) in [5.74, 6) is 1.25. The van der Waals surface area contributed by atoms with E-state index in [0.717, 1.165) is 0 Å². The van der Waals surface area contributed by atoms with Crippen molar-refractivity contribution in [3.63, 3.8) is 0 Å². The summed E-state index contributed by atoms with van der Waals surface area (Å²) in [5, 5.41) is 0. The molecule has 3 unspecified atom stereocenters. The second-order valence-electron chi connectivity index (χ2n) is 0.940. The summed E-state index contributed by atoms with van der Waals surface area (Å²) in [6, 6.07) is 0. The van der Waals surface area contributed by atoms with Crippen LogP contribution < -0.4 is 0 Å². The van der Waals surface area contributed by atoms with Crippen LogP contribution in [0.3, 0.4) is 0 Å². The molecule has 0 aromatic heterocycles. The molecule has 0 radical (unpaired) electrons. The quantitative estimate of drug-likeness (QED) is 0.469. The Balaban J connectivity index is 2.54. The highest BCUT2D eigenvalue weighted by molar-refractivity contribution is 8.14. The summed E-state index contributed by atoms with van der Waals surface area (Å²) in [4.78, 5) is 0. The second kappa shape index (κ2) is 3.48.